The molecule has 2 heterocycles. The Morgan fingerprint density at radius 3 is 1.17 bits per heavy atom. The molecule has 3 aromatic rings. The van der Waals surface area contributed by atoms with Crippen LogP contribution in [0.15, 0.2) is 96.1 Å². The Labute approximate surface area is 246 Å². The molecule has 2 aliphatic rings. The minimum atomic E-state index is -0.346. The molecule has 2 fully saturated rings. The molecule has 0 N–H and O–H groups in total. The van der Waals surface area contributed by atoms with Gasteiger partial charge in [0.25, 0.3) is 11.8 Å². The maximum absolute atomic E-state index is 13.5. The van der Waals surface area contributed by atoms with Gasteiger partial charge in [-0.3, -0.25) is 9.59 Å². The first-order valence-corrected chi connectivity index (χ1v) is 14.1. The maximum atomic E-state index is 13.5. The van der Waals surface area contributed by atoms with E-state index in [2.05, 4.69) is 0 Å². The lowest BCUT2D eigenvalue weighted by Crippen LogP contribution is -2.55. The van der Waals surface area contributed by atoms with E-state index in [4.69, 9.17) is 0 Å². The van der Waals surface area contributed by atoms with Crippen molar-refractivity contribution in [1.82, 2.24) is 9.80 Å². The van der Waals surface area contributed by atoms with Crippen LogP contribution >= 0.6 is 0 Å². The van der Waals surface area contributed by atoms with Gasteiger partial charge in [0.05, 0.1) is 24.5 Å². The fraction of sp³-hybridized carbons (Fsp3) is 0.235. The van der Waals surface area contributed by atoms with Crippen molar-refractivity contribution in [2.75, 3.05) is 22.9 Å². The van der Waals surface area contributed by atoms with Gasteiger partial charge >= 0.3 is 12.1 Å². The van der Waals surface area contributed by atoms with Gasteiger partial charge in [-0.25, -0.2) is 19.4 Å². The molecule has 0 aliphatic carbocycles. The number of carbonyl (C=O) groups excluding carboxylic acids is 4. The molecule has 6 amide bonds. The Bertz CT molecular complexity index is 1440. The number of para-hydroxylation sites is 2. The van der Waals surface area contributed by atoms with Crippen LogP contribution in [0.2, 0.25) is 0 Å². The number of carbonyl (C=O) groups is 4. The zero-order chi connectivity index (χ0) is 30.0. The summed E-state index contributed by atoms with van der Waals surface area (Å²) in [5.41, 5.74) is 3.66. The van der Waals surface area contributed by atoms with Crippen LogP contribution in [0, 0.1) is 0 Å². The minimum Gasteiger partial charge on any atom is -0.317 e. The second-order valence-electron chi connectivity index (χ2n) is 11.0. The number of anilines is 2. The number of imide groups is 2. The molecule has 0 unspecified atom stereocenters. The van der Waals surface area contributed by atoms with E-state index < -0.39 is 0 Å². The molecule has 0 saturated carbocycles. The molecule has 8 nitrogen and oxygen atoms in total. The molecule has 0 bridgehead atoms. The third kappa shape index (κ3) is 5.61. The normalized spacial score (nSPS) is 18.3. The molecular formula is C34H34N4O4. The molecule has 0 radical (unpaired) electrons. The van der Waals surface area contributed by atoms with Gasteiger partial charge in [-0.1, -0.05) is 60.7 Å². The van der Waals surface area contributed by atoms with Crippen LogP contribution in [-0.4, -0.2) is 58.8 Å². The first kappa shape index (κ1) is 28.5. The molecule has 2 saturated heterocycles. The predicted molar refractivity (Wildman–Crippen MR) is 165 cm³/mol. The molecule has 42 heavy (non-hydrogen) atoms. The third-order valence-corrected chi connectivity index (χ3v) is 7.40. The molecule has 5 rings (SSSR count). The molecule has 2 aliphatic heterocycles. The highest BCUT2D eigenvalue weighted by Crippen LogP contribution is 2.28. The molecule has 214 valence electrons. The topological polar surface area (TPSA) is 81.2 Å². The number of benzene rings is 3. The fourth-order valence-electron chi connectivity index (χ4n) is 5.08. The van der Waals surface area contributed by atoms with Crippen molar-refractivity contribution < 1.29 is 19.2 Å². The summed E-state index contributed by atoms with van der Waals surface area (Å²) in [5.74, 6) is -0.692. The summed E-state index contributed by atoms with van der Waals surface area (Å²) in [6, 6.07) is 24.5. The van der Waals surface area contributed by atoms with Crippen LogP contribution in [0.1, 0.15) is 38.8 Å². The molecular weight excluding hydrogens is 528 g/mol. The van der Waals surface area contributed by atoms with Gasteiger partial charge in [0.15, 0.2) is 0 Å². The van der Waals surface area contributed by atoms with E-state index in [1.165, 1.54) is 9.80 Å². The van der Waals surface area contributed by atoms with Gasteiger partial charge in [-0.05, 0) is 75.2 Å². The van der Waals surface area contributed by atoms with E-state index in [-0.39, 0.29) is 49.0 Å². The first-order chi connectivity index (χ1) is 20.2. The van der Waals surface area contributed by atoms with Gasteiger partial charge < -0.3 is 9.80 Å². The zero-order valence-corrected chi connectivity index (χ0v) is 24.2. The monoisotopic (exact) mass is 562 g/mol. The number of nitrogens with zero attached hydrogens (tertiary/aromatic N) is 4. The highest BCUT2D eigenvalue weighted by Gasteiger charge is 2.38. The lowest BCUT2D eigenvalue weighted by atomic mass is 10.0. The van der Waals surface area contributed by atoms with E-state index in [1.807, 2.05) is 64.1 Å². The SMILES string of the molecule is CC(C)N1C/C(=C\c2ccc(/C=C3\CN(C(C)C)C(=O)N(c4ccccc4)C3=O)cc2)C(=O)N(c2ccccc2)C1=O. The van der Waals surface area contributed by atoms with Crippen LogP contribution in [0.3, 0.4) is 0 Å². The van der Waals surface area contributed by atoms with Gasteiger partial charge in [0.1, 0.15) is 0 Å². The molecule has 0 spiro atoms. The number of hydrogen-bond donors (Lipinski definition) is 0. The average molecular weight is 563 g/mol. The first-order valence-electron chi connectivity index (χ1n) is 14.1. The van der Waals surface area contributed by atoms with E-state index in [1.54, 1.807) is 70.5 Å². The second-order valence-corrected chi connectivity index (χ2v) is 11.0. The Hall–Kier alpha value is -4.98. The number of hydrogen-bond acceptors (Lipinski definition) is 4. The van der Waals surface area contributed by atoms with Crippen molar-refractivity contribution in [3.05, 3.63) is 107 Å². The van der Waals surface area contributed by atoms with Crippen molar-refractivity contribution in [2.45, 2.75) is 39.8 Å². The Morgan fingerprint density at radius 1 is 0.524 bits per heavy atom. The number of urea groups is 2. The predicted octanol–water partition coefficient (Wildman–Crippen LogP) is 6.21. The van der Waals surface area contributed by atoms with Crippen molar-refractivity contribution >= 4 is 47.4 Å². The number of amides is 6. The summed E-state index contributed by atoms with van der Waals surface area (Å²) >= 11 is 0. The quantitative estimate of drug-likeness (QED) is 0.335. The highest BCUT2D eigenvalue weighted by molar-refractivity contribution is 6.25. The lowest BCUT2D eigenvalue weighted by molar-refractivity contribution is -0.116. The number of rotatable bonds is 6. The van der Waals surface area contributed by atoms with Crippen LogP contribution in [0.25, 0.3) is 12.2 Å². The average Bonchev–Trinajstić information content (AvgIpc) is 2.98. The van der Waals surface area contributed by atoms with Crippen LogP contribution < -0.4 is 9.80 Å². The standard InChI is InChI=1S/C34H34N4O4/c1-23(2)35-21-27(31(39)37(33(35)41)29-11-7-5-8-12-29)19-25-15-17-26(18-16-25)20-28-22-36(24(3)4)34(42)38(32(28)40)30-13-9-6-10-14-30/h5-20,23-24H,21-22H2,1-4H3/b27-19+,28-20+. The van der Waals surface area contributed by atoms with Crippen molar-refractivity contribution in [3.63, 3.8) is 0 Å². The summed E-state index contributed by atoms with van der Waals surface area (Å²) in [4.78, 5) is 59.1. The van der Waals surface area contributed by atoms with E-state index in [0.717, 1.165) is 11.1 Å². The Morgan fingerprint density at radius 2 is 0.857 bits per heavy atom. The van der Waals surface area contributed by atoms with Gasteiger partial charge in [-0.15, -0.1) is 0 Å². The highest BCUT2D eigenvalue weighted by atomic mass is 16.2. The smallest absolute Gasteiger partial charge is 0.317 e. The van der Waals surface area contributed by atoms with Crippen LogP contribution in [-0.2, 0) is 9.59 Å². The second kappa shape index (κ2) is 11.9. The summed E-state index contributed by atoms with van der Waals surface area (Å²) < 4.78 is 0. The van der Waals surface area contributed by atoms with Gasteiger partial charge in [0, 0.05) is 23.2 Å². The largest absolute Gasteiger partial charge is 0.332 e. The Balaban J connectivity index is 1.43. The third-order valence-electron chi connectivity index (χ3n) is 7.40. The zero-order valence-electron chi connectivity index (χ0n) is 24.2. The van der Waals surface area contributed by atoms with Gasteiger partial charge in [0.2, 0.25) is 0 Å². The van der Waals surface area contributed by atoms with Crippen molar-refractivity contribution in [1.29, 1.82) is 0 Å². The van der Waals surface area contributed by atoms with E-state index in [9.17, 15) is 19.2 Å². The van der Waals surface area contributed by atoms with Crippen LogP contribution in [0.4, 0.5) is 21.0 Å². The minimum absolute atomic E-state index is 0.0880. The molecule has 0 aromatic heterocycles. The maximum Gasteiger partial charge on any atom is 0.332 e. The fourth-order valence-corrected chi connectivity index (χ4v) is 5.08. The Kier molecular flexibility index (Phi) is 8.06. The summed E-state index contributed by atoms with van der Waals surface area (Å²) in [5, 5.41) is 0. The molecule has 3 aromatic carbocycles. The van der Waals surface area contributed by atoms with E-state index in [0.29, 0.717) is 22.5 Å². The lowest BCUT2D eigenvalue weighted by Gasteiger charge is -2.38. The van der Waals surface area contributed by atoms with Gasteiger partial charge in [-0.2, -0.15) is 0 Å². The summed E-state index contributed by atoms with van der Waals surface area (Å²) in [6.07, 6.45) is 3.61. The summed E-state index contributed by atoms with van der Waals surface area (Å²) in [7, 11) is 0. The van der Waals surface area contributed by atoms with Crippen molar-refractivity contribution in [2.24, 2.45) is 0 Å². The molecule has 8 heteroatoms. The molecule has 0 atom stereocenters. The van der Waals surface area contributed by atoms with Crippen LogP contribution in [0.5, 0.6) is 0 Å². The van der Waals surface area contributed by atoms with Crippen molar-refractivity contribution in [3.8, 4) is 0 Å². The van der Waals surface area contributed by atoms with E-state index >= 15 is 0 Å². The summed E-state index contributed by atoms with van der Waals surface area (Å²) in [6.45, 7) is 8.14.